The van der Waals surface area contributed by atoms with Crippen molar-refractivity contribution >= 4 is 21.4 Å². The van der Waals surface area contributed by atoms with Crippen molar-refractivity contribution in [3.8, 4) is 5.75 Å². The minimum Gasteiger partial charge on any atom is -0.489 e. The van der Waals surface area contributed by atoms with E-state index in [0.29, 0.717) is 11.6 Å². The minimum atomic E-state index is -3.95. The van der Waals surface area contributed by atoms with Gasteiger partial charge in [0.2, 0.25) is 0 Å². The van der Waals surface area contributed by atoms with Gasteiger partial charge in [0.15, 0.2) is 0 Å². The third-order valence-corrected chi connectivity index (χ3v) is 8.46. The second-order valence-electron chi connectivity index (χ2n) is 9.23. The molecule has 1 heterocycles. The van der Waals surface area contributed by atoms with Gasteiger partial charge in [0.05, 0.1) is 9.82 Å². The van der Waals surface area contributed by atoms with Gasteiger partial charge in [0.1, 0.15) is 11.9 Å². The number of nitrogens with zero attached hydrogens (tertiary/aromatic N) is 1. The van der Waals surface area contributed by atoms with Gasteiger partial charge in [-0.15, -0.1) is 0 Å². The minimum absolute atomic E-state index is 0.140. The highest BCUT2D eigenvalue weighted by Gasteiger charge is 2.43. The van der Waals surface area contributed by atoms with Crippen LogP contribution in [-0.2, 0) is 10.0 Å². The predicted molar refractivity (Wildman–Crippen MR) is 119 cm³/mol. The Kier molecular flexibility index (Phi) is 5.45. The van der Waals surface area contributed by atoms with E-state index in [1.54, 1.807) is 6.07 Å². The Hall–Kier alpha value is -2.61. The number of hydrogen-bond donors (Lipinski definition) is 1. The van der Waals surface area contributed by atoms with E-state index in [1.165, 1.54) is 18.2 Å². The molecule has 1 saturated carbocycles. The summed E-state index contributed by atoms with van der Waals surface area (Å²) in [5, 5.41) is 11.0. The number of nitrogens with one attached hydrogen (secondary N) is 1. The number of anilines is 1. The van der Waals surface area contributed by atoms with Crippen molar-refractivity contribution in [3.63, 3.8) is 0 Å². The van der Waals surface area contributed by atoms with E-state index in [4.69, 9.17) is 4.74 Å². The van der Waals surface area contributed by atoms with E-state index in [9.17, 15) is 18.5 Å². The third kappa shape index (κ3) is 4.13. The van der Waals surface area contributed by atoms with Crippen LogP contribution in [0.25, 0.3) is 0 Å². The summed E-state index contributed by atoms with van der Waals surface area (Å²) in [6, 6.07) is 10.4. The van der Waals surface area contributed by atoms with Crippen molar-refractivity contribution in [1.29, 1.82) is 0 Å². The first-order valence-electron chi connectivity index (χ1n) is 10.7. The molecule has 7 nitrogen and oxygen atoms in total. The molecule has 0 radical (unpaired) electrons. The number of non-ortho nitro benzene ring substituents is 1. The second-order valence-corrected chi connectivity index (χ2v) is 10.9. The van der Waals surface area contributed by atoms with Gasteiger partial charge in [-0.3, -0.25) is 14.8 Å². The van der Waals surface area contributed by atoms with Gasteiger partial charge in [-0.2, -0.15) is 0 Å². The number of hydrogen-bond acceptors (Lipinski definition) is 5. The topological polar surface area (TPSA) is 98.5 Å². The molecule has 2 aliphatic rings. The molecule has 1 aliphatic carbocycles. The molecule has 0 bridgehead atoms. The molecule has 8 heteroatoms. The van der Waals surface area contributed by atoms with Crippen LogP contribution < -0.4 is 9.46 Å². The summed E-state index contributed by atoms with van der Waals surface area (Å²) in [5.74, 6) is 1.67. The van der Waals surface area contributed by atoms with Crippen LogP contribution in [0.15, 0.2) is 47.4 Å². The van der Waals surface area contributed by atoms with E-state index in [1.807, 2.05) is 12.1 Å². The lowest BCUT2D eigenvalue weighted by Crippen LogP contribution is -2.34. The molecular weight excluding hydrogens is 416 g/mol. The maximum Gasteiger partial charge on any atom is 0.270 e. The summed E-state index contributed by atoms with van der Waals surface area (Å²) in [6.45, 7) is 6.86. The zero-order chi connectivity index (χ0) is 22.4. The Bertz CT molecular complexity index is 1110. The van der Waals surface area contributed by atoms with Crippen LogP contribution in [0.1, 0.15) is 57.9 Å². The third-order valence-electron chi connectivity index (χ3n) is 7.08. The van der Waals surface area contributed by atoms with Gasteiger partial charge in [0, 0.05) is 29.3 Å². The van der Waals surface area contributed by atoms with Gasteiger partial charge in [-0.25, -0.2) is 8.42 Å². The van der Waals surface area contributed by atoms with Crippen LogP contribution >= 0.6 is 0 Å². The van der Waals surface area contributed by atoms with Crippen LogP contribution in [0.2, 0.25) is 0 Å². The molecule has 166 valence electrons. The van der Waals surface area contributed by atoms with E-state index < -0.39 is 14.9 Å². The van der Waals surface area contributed by atoms with Gasteiger partial charge < -0.3 is 4.74 Å². The van der Waals surface area contributed by atoms with E-state index in [0.717, 1.165) is 43.1 Å². The Morgan fingerprint density at radius 3 is 2.68 bits per heavy atom. The molecule has 0 saturated heterocycles. The van der Waals surface area contributed by atoms with Gasteiger partial charge in [-0.05, 0) is 54.9 Å². The number of nitro groups is 1. The molecule has 2 aromatic carbocycles. The van der Waals surface area contributed by atoms with Crippen LogP contribution in [0, 0.1) is 21.4 Å². The molecule has 3 atom stereocenters. The zero-order valence-electron chi connectivity index (χ0n) is 18.0. The van der Waals surface area contributed by atoms with Crippen molar-refractivity contribution in [2.24, 2.45) is 11.3 Å². The summed E-state index contributed by atoms with van der Waals surface area (Å²) in [4.78, 5) is 10.2. The van der Waals surface area contributed by atoms with Crippen LogP contribution in [0.5, 0.6) is 5.75 Å². The van der Waals surface area contributed by atoms with Gasteiger partial charge in [-0.1, -0.05) is 33.3 Å². The average Bonchev–Trinajstić information content (AvgIpc) is 3.11. The van der Waals surface area contributed by atoms with Crippen molar-refractivity contribution < 1.29 is 18.1 Å². The van der Waals surface area contributed by atoms with E-state index >= 15 is 0 Å². The van der Waals surface area contributed by atoms with Crippen LogP contribution in [0.3, 0.4) is 0 Å². The maximum atomic E-state index is 12.8. The zero-order valence-corrected chi connectivity index (χ0v) is 18.8. The SMILES string of the molecule is CCC(C)(C)C1CCC2Oc3ccc(NS(=O)(=O)c4cccc([N+](=O)[O-])c4)cc3C2C1. The first kappa shape index (κ1) is 21.6. The normalized spacial score (nSPS) is 22.9. The molecule has 1 N–H and O–H groups in total. The number of fused-ring (bicyclic) bond motifs is 3. The standard InChI is InChI=1S/C23H28N2O5S/c1-4-23(2,3)15-8-10-21-19(12-15)20-13-16(9-11-22(20)30-21)24-31(28,29)18-7-5-6-17(14-18)25(26)27/h5-7,9,11,13-15,19,21,24H,4,8,10,12H2,1-3H3. The predicted octanol–water partition coefficient (Wildman–Crippen LogP) is 5.48. The highest BCUT2D eigenvalue weighted by atomic mass is 32.2. The molecule has 4 rings (SSSR count). The molecule has 0 aromatic heterocycles. The fourth-order valence-corrected chi connectivity index (χ4v) is 5.85. The Morgan fingerprint density at radius 2 is 1.97 bits per heavy atom. The summed E-state index contributed by atoms with van der Waals surface area (Å²) in [5.41, 5.74) is 1.47. The largest absolute Gasteiger partial charge is 0.489 e. The molecule has 3 unspecified atom stereocenters. The lowest BCUT2D eigenvalue weighted by Gasteiger charge is -2.40. The molecule has 1 fully saturated rings. The van der Waals surface area contributed by atoms with Gasteiger partial charge >= 0.3 is 0 Å². The van der Waals surface area contributed by atoms with Crippen LogP contribution in [-0.4, -0.2) is 19.4 Å². The lowest BCUT2D eigenvalue weighted by atomic mass is 9.65. The molecule has 0 amide bonds. The number of sulfonamides is 1. The highest BCUT2D eigenvalue weighted by molar-refractivity contribution is 7.92. The summed E-state index contributed by atoms with van der Waals surface area (Å²) >= 11 is 0. The molecule has 2 aromatic rings. The summed E-state index contributed by atoms with van der Waals surface area (Å²) < 4.78 is 34.4. The lowest BCUT2D eigenvalue weighted by molar-refractivity contribution is -0.385. The second kappa shape index (κ2) is 7.82. The quantitative estimate of drug-likeness (QED) is 0.470. The summed E-state index contributed by atoms with van der Waals surface area (Å²) in [7, 11) is -3.95. The van der Waals surface area contributed by atoms with Crippen molar-refractivity contribution in [2.75, 3.05) is 4.72 Å². The highest BCUT2D eigenvalue weighted by Crippen LogP contribution is 2.52. The van der Waals surface area contributed by atoms with E-state index in [2.05, 4.69) is 25.5 Å². The fourth-order valence-electron chi connectivity index (χ4n) is 4.76. The number of benzene rings is 2. The van der Waals surface area contributed by atoms with Crippen molar-refractivity contribution in [1.82, 2.24) is 0 Å². The molecular formula is C23H28N2O5S. The maximum absolute atomic E-state index is 12.8. The van der Waals surface area contributed by atoms with Gasteiger partial charge in [0.25, 0.3) is 15.7 Å². The first-order valence-corrected chi connectivity index (χ1v) is 12.2. The number of nitro benzene ring substituents is 1. The van der Waals surface area contributed by atoms with Crippen LogP contribution in [0.4, 0.5) is 11.4 Å². The monoisotopic (exact) mass is 444 g/mol. The smallest absolute Gasteiger partial charge is 0.270 e. The molecule has 31 heavy (non-hydrogen) atoms. The van der Waals surface area contributed by atoms with Crippen molar-refractivity contribution in [2.45, 2.75) is 63.4 Å². The Balaban J connectivity index is 1.59. The van der Waals surface area contributed by atoms with Crippen molar-refractivity contribution in [3.05, 3.63) is 58.1 Å². The Morgan fingerprint density at radius 1 is 1.19 bits per heavy atom. The fraction of sp³-hybridized carbons (Fsp3) is 0.478. The molecule has 1 aliphatic heterocycles. The first-order chi connectivity index (χ1) is 14.6. The summed E-state index contributed by atoms with van der Waals surface area (Å²) in [6.07, 6.45) is 4.43. The number of rotatable bonds is 6. The molecule has 0 spiro atoms. The van der Waals surface area contributed by atoms with E-state index in [-0.39, 0.29) is 28.0 Å². The Labute approximate surface area is 183 Å². The average molecular weight is 445 g/mol. The number of ether oxygens (including phenoxy) is 1.